The van der Waals surface area contributed by atoms with Gasteiger partial charge in [-0.05, 0) is 24.1 Å². The van der Waals surface area contributed by atoms with E-state index in [9.17, 15) is 9.59 Å². The third-order valence-electron chi connectivity index (χ3n) is 2.78. The highest BCUT2D eigenvalue weighted by molar-refractivity contribution is 5.93. The summed E-state index contributed by atoms with van der Waals surface area (Å²) in [6, 6.07) is 5.44. The van der Waals surface area contributed by atoms with Gasteiger partial charge in [0.15, 0.2) is 0 Å². The number of nitrogens with one attached hydrogen (secondary N) is 2. The number of carbonyl (C=O) groups is 2. The van der Waals surface area contributed by atoms with Crippen molar-refractivity contribution in [3.63, 3.8) is 0 Å². The zero-order valence-corrected chi connectivity index (χ0v) is 10.5. The number of H-pyrrole nitrogens is 1. The van der Waals surface area contributed by atoms with Gasteiger partial charge in [0, 0.05) is 23.9 Å². The zero-order valence-electron chi connectivity index (χ0n) is 10.5. The van der Waals surface area contributed by atoms with Gasteiger partial charge in [0.2, 0.25) is 5.91 Å². The Morgan fingerprint density at radius 2 is 2.21 bits per heavy atom. The van der Waals surface area contributed by atoms with E-state index in [-0.39, 0.29) is 24.7 Å². The van der Waals surface area contributed by atoms with Crippen LogP contribution in [0.15, 0.2) is 24.4 Å². The average molecular weight is 261 g/mol. The molecule has 1 aromatic heterocycles. The molecule has 0 spiro atoms. The van der Waals surface area contributed by atoms with E-state index in [4.69, 9.17) is 5.11 Å². The predicted octanol–water partition coefficient (Wildman–Crippen LogP) is 2.00. The van der Waals surface area contributed by atoms with Crippen LogP contribution < -0.4 is 5.32 Å². The molecule has 100 valence electrons. The minimum Gasteiger partial charge on any atom is -0.481 e. The first-order chi connectivity index (χ1) is 9.04. The van der Waals surface area contributed by atoms with Crippen LogP contribution in [-0.4, -0.2) is 27.2 Å². The second-order valence-electron chi connectivity index (χ2n) is 4.63. The third-order valence-corrected chi connectivity index (χ3v) is 2.78. The number of carboxylic acids is 1. The molecule has 0 aliphatic carbocycles. The number of fused-ring (bicyclic) bond motifs is 1. The summed E-state index contributed by atoms with van der Waals surface area (Å²) >= 11 is 0. The fraction of sp³-hybridized carbons (Fsp3) is 0.308. The van der Waals surface area contributed by atoms with Gasteiger partial charge >= 0.3 is 5.97 Å². The van der Waals surface area contributed by atoms with Crippen molar-refractivity contribution < 1.29 is 14.7 Å². The molecule has 0 aliphatic heterocycles. The average Bonchev–Trinajstić information content (AvgIpc) is 2.74. The molecule has 19 heavy (non-hydrogen) atoms. The molecule has 0 fully saturated rings. The maximum Gasteiger partial charge on any atom is 0.303 e. The number of rotatable bonds is 5. The number of benzene rings is 1. The summed E-state index contributed by atoms with van der Waals surface area (Å²) in [4.78, 5) is 22.3. The molecule has 2 aromatic rings. The number of aromatic amines is 1. The van der Waals surface area contributed by atoms with Crippen molar-refractivity contribution in [2.75, 3.05) is 5.32 Å². The first-order valence-corrected chi connectivity index (χ1v) is 5.99. The van der Waals surface area contributed by atoms with Crippen LogP contribution in [0.5, 0.6) is 0 Å². The Morgan fingerprint density at radius 3 is 2.95 bits per heavy atom. The SMILES string of the molecule is CC(CC(=O)O)CC(=O)Nc1ccc2cn[nH]c2c1. The molecule has 0 saturated carbocycles. The minimum atomic E-state index is -0.890. The van der Waals surface area contributed by atoms with Crippen molar-refractivity contribution in [2.45, 2.75) is 19.8 Å². The number of carbonyl (C=O) groups excluding carboxylic acids is 1. The summed E-state index contributed by atoms with van der Waals surface area (Å²) in [5, 5.41) is 19.1. The lowest BCUT2D eigenvalue weighted by Gasteiger charge is -2.09. The van der Waals surface area contributed by atoms with Crippen LogP contribution in [0, 0.1) is 5.92 Å². The van der Waals surface area contributed by atoms with E-state index in [1.165, 1.54) is 0 Å². The summed E-state index contributed by atoms with van der Waals surface area (Å²) < 4.78 is 0. The van der Waals surface area contributed by atoms with E-state index in [0.717, 1.165) is 10.9 Å². The second-order valence-corrected chi connectivity index (χ2v) is 4.63. The number of hydrogen-bond donors (Lipinski definition) is 3. The zero-order chi connectivity index (χ0) is 13.8. The first kappa shape index (κ1) is 13.1. The Morgan fingerprint density at radius 1 is 1.42 bits per heavy atom. The molecule has 1 heterocycles. The van der Waals surface area contributed by atoms with E-state index in [0.29, 0.717) is 5.69 Å². The van der Waals surface area contributed by atoms with Gasteiger partial charge in [-0.15, -0.1) is 0 Å². The minimum absolute atomic E-state index is 0.00694. The number of hydrogen-bond acceptors (Lipinski definition) is 3. The standard InChI is InChI=1S/C13H15N3O3/c1-8(5-13(18)19)4-12(17)15-10-3-2-9-7-14-16-11(9)6-10/h2-3,6-8H,4-5H2,1H3,(H,14,16)(H,15,17)(H,18,19). The summed E-state index contributed by atoms with van der Waals surface area (Å²) in [6.07, 6.45) is 1.89. The Balaban J connectivity index is 1.96. The summed E-state index contributed by atoms with van der Waals surface area (Å²) in [6.45, 7) is 1.74. The molecule has 6 heteroatoms. The van der Waals surface area contributed by atoms with Gasteiger partial charge < -0.3 is 10.4 Å². The van der Waals surface area contributed by atoms with Crippen LogP contribution in [0.2, 0.25) is 0 Å². The molecule has 1 unspecified atom stereocenters. The van der Waals surface area contributed by atoms with Crippen LogP contribution >= 0.6 is 0 Å². The Kier molecular flexibility index (Phi) is 3.79. The Bertz CT molecular complexity index is 606. The molecule has 0 saturated heterocycles. The Labute approximate surface area is 109 Å². The molecule has 1 atom stereocenters. The number of aliphatic carboxylic acids is 1. The van der Waals surface area contributed by atoms with E-state index in [2.05, 4.69) is 15.5 Å². The van der Waals surface area contributed by atoms with E-state index in [1.807, 2.05) is 6.07 Å². The van der Waals surface area contributed by atoms with Crippen LogP contribution in [0.4, 0.5) is 5.69 Å². The Hall–Kier alpha value is -2.37. The van der Waals surface area contributed by atoms with Gasteiger partial charge in [0.25, 0.3) is 0 Å². The maximum atomic E-state index is 11.7. The van der Waals surface area contributed by atoms with Crippen molar-refractivity contribution in [1.82, 2.24) is 10.2 Å². The molecule has 6 nitrogen and oxygen atoms in total. The number of amides is 1. The molecule has 0 aliphatic rings. The lowest BCUT2D eigenvalue weighted by molar-refractivity contribution is -0.138. The van der Waals surface area contributed by atoms with Gasteiger partial charge in [-0.3, -0.25) is 14.7 Å². The number of carboxylic acid groups (broad SMARTS) is 1. The molecule has 1 amide bonds. The van der Waals surface area contributed by atoms with E-state index >= 15 is 0 Å². The predicted molar refractivity (Wildman–Crippen MR) is 70.8 cm³/mol. The van der Waals surface area contributed by atoms with Crippen LogP contribution in [-0.2, 0) is 9.59 Å². The summed E-state index contributed by atoms with van der Waals surface area (Å²) in [5.74, 6) is -1.26. The van der Waals surface area contributed by atoms with Crippen LogP contribution in [0.3, 0.4) is 0 Å². The molecule has 3 N–H and O–H groups in total. The molecule has 0 bridgehead atoms. The van der Waals surface area contributed by atoms with Crippen LogP contribution in [0.1, 0.15) is 19.8 Å². The van der Waals surface area contributed by atoms with Crippen LogP contribution in [0.25, 0.3) is 10.9 Å². The van der Waals surface area contributed by atoms with Gasteiger partial charge in [-0.25, -0.2) is 0 Å². The number of anilines is 1. The number of nitrogens with zero attached hydrogens (tertiary/aromatic N) is 1. The topological polar surface area (TPSA) is 95.1 Å². The van der Waals surface area contributed by atoms with Gasteiger partial charge in [0.1, 0.15) is 0 Å². The highest BCUT2D eigenvalue weighted by Gasteiger charge is 2.12. The number of aromatic nitrogens is 2. The van der Waals surface area contributed by atoms with Crippen molar-refractivity contribution in [3.05, 3.63) is 24.4 Å². The largest absolute Gasteiger partial charge is 0.481 e. The molecule has 1 aromatic carbocycles. The quantitative estimate of drug-likeness (QED) is 0.767. The van der Waals surface area contributed by atoms with Crippen molar-refractivity contribution >= 4 is 28.5 Å². The van der Waals surface area contributed by atoms with E-state index in [1.54, 1.807) is 25.3 Å². The first-order valence-electron chi connectivity index (χ1n) is 5.99. The fourth-order valence-corrected chi connectivity index (χ4v) is 1.91. The summed E-state index contributed by atoms with van der Waals surface area (Å²) in [5.41, 5.74) is 1.51. The van der Waals surface area contributed by atoms with Gasteiger partial charge in [-0.1, -0.05) is 6.92 Å². The second kappa shape index (κ2) is 5.51. The molecular weight excluding hydrogens is 246 g/mol. The van der Waals surface area contributed by atoms with Gasteiger partial charge in [0.05, 0.1) is 11.7 Å². The third kappa shape index (κ3) is 3.54. The van der Waals surface area contributed by atoms with Crippen molar-refractivity contribution in [3.8, 4) is 0 Å². The highest BCUT2D eigenvalue weighted by atomic mass is 16.4. The summed E-state index contributed by atoms with van der Waals surface area (Å²) in [7, 11) is 0. The monoisotopic (exact) mass is 261 g/mol. The maximum absolute atomic E-state index is 11.7. The lowest BCUT2D eigenvalue weighted by atomic mass is 10.0. The molecule has 2 rings (SSSR count). The van der Waals surface area contributed by atoms with E-state index < -0.39 is 5.97 Å². The fourth-order valence-electron chi connectivity index (χ4n) is 1.91. The smallest absolute Gasteiger partial charge is 0.303 e. The molecule has 0 radical (unpaired) electrons. The van der Waals surface area contributed by atoms with Crippen molar-refractivity contribution in [2.24, 2.45) is 5.92 Å². The van der Waals surface area contributed by atoms with Crippen molar-refractivity contribution in [1.29, 1.82) is 0 Å². The highest BCUT2D eigenvalue weighted by Crippen LogP contribution is 2.17. The van der Waals surface area contributed by atoms with Gasteiger partial charge in [-0.2, -0.15) is 5.10 Å². The normalized spacial score (nSPS) is 12.3. The lowest BCUT2D eigenvalue weighted by Crippen LogP contribution is -2.16. The molecular formula is C13H15N3O3.